The van der Waals surface area contributed by atoms with Crippen LogP contribution in [0.4, 0.5) is 0 Å². The molecule has 26 heavy (non-hydrogen) atoms. The Bertz CT molecular complexity index is 543. The van der Waals surface area contributed by atoms with E-state index in [4.69, 9.17) is 14.2 Å². The molecule has 0 spiro atoms. The second kappa shape index (κ2) is 13.3. The fourth-order valence-electron chi connectivity index (χ4n) is 3.09. The van der Waals surface area contributed by atoms with E-state index < -0.39 is 0 Å². The van der Waals surface area contributed by atoms with Crippen molar-refractivity contribution in [2.45, 2.75) is 19.6 Å². The molecule has 0 bridgehead atoms. The molecule has 6 nitrogen and oxygen atoms in total. The maximum absolute atomic E-state index is 5.67. The van der Waals surface area contributed by atoms with Crippen LogP contribution in [0.1, 0.15) is 17.5 Å². The normalized spacial score (nSPS) is 17.3. The molecule has 1 saturated heterocycles. The third-order valence-electron chi connectivity index (χ3n) is 4.44. The molecule has 1 aliphatic heterocycles. The van der Waals surface area contributed by atoms with Gasteiger partial charge in [0.15, 0.2) is 5.96 Å². The number of methoxy groups -OCH3 is 2. The highest BCUT2D eigenvalue weighted by Gasteiger charge is 2.24. The quantitative estimate of drug-likeness (QED) is 0.257. The van der Waals surface area contributed by atoms with Crippen molar-refractivity contribution in [1.29, 1.82) is 0 Å². The van der Waals surface area contributed by atoms with Crippen molar-refractivity contribution in [2.75, 3.05) is 54.2 Å². The zero-order valence-electron chi connectivity index (χ0n) is 16.1. The third-order valence-corrected chi connectivity index (χ3v) is 4.44. The van der Waals surface area contributed by atoms with Gasteiger partial charge >= 0.3 is 0 Å². The number of nitrogens with zero attached hydrogens (tertiary/aromatic N) is 2. The number of ether oxygens (including phenoxy) is 3. The number of guanidine groups is 1. The van der Waals surface area contributed by atoms with E-state index in [0.29, 0.717) is 25.7 Å². The molecule has 2 rings (SSSR count). The SMILES string of the molecule is CN=C(NCc1ccccc1COC)N1CCC(COCCOC)C1.I. The van der Waals surface area contributed by atoms with E-state index >= 15 is 0 Å². The van der Waals surface area contributed by atoms with Crippen LogP contribution in [0.25, 0.3) is 0 Å². The van der Waals surface area contributed by atoms with Gasteiger partial charge in [0.05, 0.1) is 26.4 Å². The molecule has 1 heterocycles. The number of nitrogens with one attached hydrogen (secondary N) is 1. The largest absolute Gasteiger partial charge is 0.382 e. The summed E-state index contributed by atoms with van der Waals surface area (Å²) in [5.41, 5.74) is 2.45. The van der Waals surface area contributed by atoms with Gasteiger partial charge in [-0.1, -0.05) is 24.3 Å². The van der Waals surface area contributed by atoms with E-state index in [-0.39, 0.29) is 24.0 Å². The molecule has 0 amide bonds. The molecule has 1 unspecified atom stereocenters. The molecular weight excluding hydrogens is 445 g/mol. The first-order valence-electron chi connectivity index (χ1n) is 8.86. The molecule has 7 heteroatoms. The summed E-state index contributed by atoms with van der Waals surface area (Å²) in [6.07, 6.45) is 1.13. The summed E-state index contributed by atoms with van der Waals surface area (Å²) in [7, 11) is 5.26. The average molecular weight is 477 g/mol. The molecule has 1 aliphatic rings. The van der Waals surface area contributed by atoms with Gasteiger partial charge in [-0.05, 0) is 17.5 Å². The minimum absolute atomic E-state index is 0. The van der Waals surface area contributed by atoms with Crippen LogP contribution < -0.4 is 5.32 Å². The van der Waals surface area contributed by atoms with Crippen molar-refractivity contribution in [3.05, 3.63) is 35.4 Å². The van der Waals surface area contributed by atoms with Gasteiger partial charge < -0.3 is 24.4 Å². The Balaban J connectivity index is 0.00000338. The molecular formula is C19H32IN3O3. The second-order valence-corrected chi connectivity index (χ2v) is 6.27. The minimum atomic E-state index is 0. The highest BCUT2D eigenvalue weighted by atomic mass is 127. The summed E-state index contributed by atoms with van der Waals surface area (Å²) in [6, 6.07) is 8.33. The number of hydrogen-bond donors (Lipinski definition) is 1. The lowest BCUT2D eigenvalue weighted by molar-refractivity contribution is 0.0536. The van der Waals surface area contributed by atoms with Crippen molar-refractivity contribution in [2.24, 2.45) is 10.9 Å². The van der Waals surface area contributed by atoms with E-state index in [9.17, 15) is 0 Å². The molecule has 0 saturated carbocycles. The molecule has 1 N–H and O–H groups in total. The predicted octanol–water partition coefficient (Wildman–Crippen LogP) is 2.51. The number of benzene rings is 1. The maximum Gasteiger partial charge on any atom is 0.193 e. The topological polar surface area (TPSA) is 55.3 Å². The second-order valence-electron chi connectivity index (χ2n) is 6.27. The van der Waals surface area contributed by atoms with Crippen molar-refractivity contribution >= 4 is 29.9 Å². The molecule has 0 aliphatic carbocycles. The summed E-state index contributed by atoms with van der Waals surface area (Å²) >= 11 is 0. The Morgan fingerprint density at radius 3 is 2.65 bits per heavy atom. The molecule has 1 fully saturated rings. The van der Waals surface area contributed by atoms with Crippen LogP contribution in [0.2, 0.25) is 0 Å². The maximum atomic E-state index is 5.67. The Morgan fingerprint density at radius 2 is 1.96 bits per heavy atom. The number of likely N-dealkylation sites (tertiary alicyclic amines) is 1. The van der Waals surface area contributed by atoms with Crippen LogP contribution in [0, 0.1) is 5.92 Å². The first kappa shape index (κ1) is 23.1. The van der Waals surface area contributed by atoms with Crippen LogP contribution in [0.5, 0.6) is 0 Å². The van der Waals surface area contributed by atoms with Crippen LogP contribution in [-0.2, 0) is 27.4 Å². The van der Waals surface area contributed by atoms with Crippen LogP contribution in [0.15, 0.2) is 29.3 Å². The monoisotopic (exact) mass is 477 g/mol. The fourth-order valence-corrected chi connectivity index (χ4v) is 3.09. The number of hydrogen-bond acceptors (Lipinski definition) is 4. The van der Waals surface area contributed by atoms with E-state index in [2.05, 4.69) is 33.4 Å². The zero-order chi connectivity index (χ0) is 17.9. The van der Waals surface area contributed by atoms with Gasteiger partial charge in [0.2, 0.25) is 0 Å². The highest BCUT2D eigenvalue weighted by molar-refractivity contribution is 14.0. The standard InChI is InChI=1S/C19H31N3O3.HI/c1-20-19(21-12-17-6-4-5-7-18(17)15-24-3)22-9-8-16(13-22)14-25-11-10-23-2;/h4-7,16H,8-15H2,1-3H3,(H,20,21);1H. The van der Waals surface area contributed by atoms with Gasteiger partial charge in [-0.3, -0.25) is 4.99 Å². The van der Waals surface area contributed by atoms with Crippen molar-refractivity contribution in [1.82, 2.24) is 10.2 Å². The van der Waals surface area contributed by atoms with Crippen molar-refractivity contribution in [3.8, 4) is 0 Å². The van der Waals surface area contributed by atoms with E-state index in [1.54, 1.807) is 14.2 Å². The molecule has 1 aromatic carbocycles. The average Bonchev–Trinajstić information content (AvgIpc) is 3.10. The summed E-state index contributed by atoms with van der Waals surface area (Å²) in [6.45, 7) is 5.47. The number of rotatable bonds is 9. The number of halogens is 1. The van der Waals surface area contributed by atoms with Crippen molar-refractivity contribution < 1.29 is 14.2 Å². The van der Waals surface area contributed by atoms with E-state index in [1.165, 1.54) is 11.1 Å². The molecule has 0 radical (unpaired) electrons. The minimum Gasteiger partial charge on any atom is -0.382 e. The van der Waals surface area contributed by atoms with Gasteiger partial charge in [-0.2, -0.15) is 0 Å². The van der Waals surface area contributed by atoms with Crippen LogP contribution in [-0.4, -0.2) is 65.0 Å². The summed E-state index contributed by atoms with van der Waals surface area (Å²) in [5.74, 6) is 1.50. The molecule has 1 atom stereocenters. The lowest BCUT2D eigenvalue weighted by Crippen LogP contribution is -2.40. The summed E-state index contributed by atoms with van der Waals surface area (Å²) < 4.78 is 16.0. The van der Waals surface area contributed by atoms with E-state index in [1.807, 2.05) is 13.1 Å². The van der Waals surface area contributed by atoms with Gasteiger partial charge in [-0.15, -0.1) is 24.0 Å². The van der Waals surface area contributed by atoms with Crippen LogP contribution >= 0.6 is 24.0 Å². The van der Waals surface area contributed by atoms with Crippen LogP contribution in [0.3, 0.4) is 0 Å². The third kappa shape index (κ3) is 7.38. The van der Waals surface area contributed by atoms with Gasteiger partial charge in [0.25, 0.3) is 0 Å². The summed E-state index contributed by atoms with van der Waals surface area (Å²) in [5, 5.41) is 3.48. The summed E-state index contributed by atoms with van der Waals surface area (Å²) in [4.78, 5) is 6.75. The first-order chi connectivity index (χ1) is 12.3. The number of aliphatic imine (C=N–C) groups is 1. The Morgan fingerprint density at radius 1 is 1.19 bits per heavy atom. The smallest absolute Gasteiger partial charge is 0.193 e. The van der Waals surface area contributed by atoms with E-state index in [0.717, 1.165) is 38.6 Å². The predicted molar refractivity (Wildman–Crippen MR) is 115 cm³/mol. The fraction of sp³-hybridized carbons (Fsp3) is 0.632. The first-order valence-corrected chi connectivity index (χ1v) is 8.86. The Kier molecular flexibility index (Phi) is 11.8. The molecule has 1 aromatic rings. The van der Waals surface area contributed by atoms with Gasteiger partial charge in [-0.25, -0.2) is 0 Å². The highest BCUT2D eigenvalue weighted by Crippen LogP contribution is 2.17. The lowest BCUT2D eigenvalue weighted by atomic mass is 10.1. The van der Waals surface area contributed by atoms with Crippen molar-refractivity contribution in [3.63, 3.8) is 0 Å². The molecule has 0 aromatic heterocycles. The van der Waals surface area contributed by atoms with Gasteiger partial charge in [0.1, 0.15) is 0 Å². The molecule has 148 valence electrons. The Labute approximate surface area is 174 Å². The Hall–Kier alpha value is -0.900. The zero-order valence-corrected chi connectivity index (χ0v) is 18.4. The lowest BCUT2D eigenvalue weighted by Gasteiger charge is -2.22. The van der Waals surface area contributed by atoms with Gasteiger partial charge in [0, 0.05) is 46.8 Å².